The minimum absolute atomic E-state index is 0.0678. The molecule has 0 saturated heterocycles. The van der Waals surface area contributed by atoms with Crippen molar-refractivity contribution < 1.29 is 9.53 Å². The van der Waals surface area contributed by atoms with Gasteiger partial charge in [-0.15, -0.1) is 0 Å². The molecule has 138 valence electrons. The summed E-state index contributed by atoms with van der Waals surface area (Å²) < 4.78 is 12.6. The Morgan fingerprint density at radius 1 is 1.31 bits per heavy atom. The first-order valence-electron chi connectivity index (χ1n) is 8.14. The van der Waals surface area contributed by atoms with Crippen LogP contribution in [0.3, 0.4) is 0 Å². The third-order valence-electron chi connectivity index (χ3n) is 3.45. The van der Waals surface area contributed by atoms with Gasteiger partial charge in [-0.05, 0) is 0 Å². The van der Waals surface area contributed by atoms with E-state index in [9.17, 15) is 4.79 Å². The van der Waals surface area contributed by atoms with Crippen molar-refractivity contribution in [2.45, 2.75) is 33.3 Å². The molecule has 0 unspecified atom stereocenters. The van der Waals surface area contributed by atoms with Crippen LogP contribution in [-0.4, -0.2) is 32.3 Å². The van der Waals surface area contributed by atoms with Crippen molar-refractivity contribution in [1.82, 2.24) is 9.97 Å². The molecule has 3 rings (SSSR count). The minimum atomic E-state index is -1.45. The van der Waals surface area contributed by atoms with Gasteiger partial charge in [-0.2, -0.15) is 0 Å². The molecular formula is C18H20ClIN4O2. The molecular weight excluding hydrogens is 467 g/mol. The van der Waals surface area contributed by atoms with Crippen LogP contribution in [0, 0.1) is 3.57 Å². The third kappa shape index (κ3) is 4.15. The molecule has 0 bridgehead atoms. The first kappa shape index (κ1) is 19.0. The summed E-state index contributed by atoms with van der Waals surface area (Å²) in [6.45, 7) is 7.64. The van der Waals surface area contributed by atoms with Crippen molar-refractivity contribution in [2.75, 3.05) is 9.33 Å². The van der Waals surface area contributed by atoms with Crippen LogP contribution in [-0.2, 0) is 4.74 Å². The van der Waals surface area contributed by atoms with E-state index in [1.165, 1.54) is 14.7 Å². The van der Waals surface area contributed by atoms with E-state index < -0.39 is 31.8 Å². The van der Waals surface area contributed by atoms with E-state index in [2.05, 4.69) is 26.2 Å². The van der Waals surface area contributed by atoms with Gasteiger partial charge in [0.15, 0.2) is 0 Å². The normalized spacial score (nSPS) is 14.3. The number of halogens is 2. The SMILES string of the molecule is CCI1N=Cc2cc(N(C(=O)OC(C)(C)C)c3ccnc(Cl)n3)ccc21. The molecule has 6 nitrogen and oxygen atoms in total. The quantitative estimate of drug-likeness (QED) is 0.338. The van der Waals surface area contributed by atoms with Crippen LogP contribution < -0.4 is 4.90 Å². The first-order valence-corrected chi connectivity index (χ1v) is 12.1. The van der Waals surface area contributed by atoms with Gasteiger partial charge in [0.2, 0.25) is 0 Å². The van der Waals surface area contributed by atoms with Crippen LogP contribution in [0.4, 0.5) is 16.3 Å². The number of carbonyl (C=O) groups is 1. The van der Waals surface area contributed by atoms with E-state index in [0.29, 0.717) is 11.5 Å². The van der Waals surface area contributed by atoms with Crippen molar-refractivity contribution in [1.29, 1.82) is 0 Å². The topological polar surface area (TPSA) is 67.7 Å². The number of aromatic nitrogens is 2. The van der Waals surface area contributed by atoms with Gasteiger partial charge in [0.1, 0.15) is 0 Å². The van der Waals surface area contributed by atoms with Crippen molar-refractivity contribution in [2.24, 2.45) is 3.21 Å². The summed E-state index contributed by atoms with van der Waals surface area (Å²) in [4.78, 5) is 22.4. The molecule has 0 aliphatic carbocycles. The number of carbonyl (C=O) groups excluding carboxylic acids is 1. The predicted octanol–water partition coefficient (Wildman–Crippen LogP) is 5.25. The Morgan fingerprint density at radius 3 is 2.73 bits per heavy atom. The molecule has 26 heavy (non-hydrogen) atoms. The Hall–Kier alpha value is -1.74. The van der Waals surface area contributed by atoms with Gasteiger partial charge in [0.25, 0.3) is 0 Å². The summed E-state index contributed by atoms with van der Waals surface area (Å²) in [6.07, 6.45) is 2.90. The molecule has 2 heterocycles. The van der Waals surface area contributed by atoms with E-state index in [1.807, 2.05) is 39.1 Å². The number of anilines is 2. The second kappa shape index (κ2) is 7.48. The van der Waals surface area contributed by atoms with Crippen molar-refractivity contribution in [3.63, 3.8) is 0 Å². The molecule has 1 aromatic heterocycles. The predicted molar refractivity (Wildman–Crippen MR) is 113 cm³/mol. The summed E-state index contributed by atoms with van der Waals surface area (Å²) in [5.41, 5.74) is 1.09. The Balaban J connectivity index is 2.04. The molecule has 0 atom stereocenters. The van der Waals surface area contributed by atoms with E-state index in [4.69, 9.17) is 16.3 Å². The fourth-order valence-corrected chi connectivity index (χ4v) is 6.34. The Labute approximate surface area is 165 Å². The van der Waals surface area contributed by atoms with Crippen LogP contribution in [0.15, 0.2) is 33.7 Å². The maximum absolute atomic E-state index is 12.9. The van der Waals surface area contributed by atoms with Gasteiger partial charge in [-0.25, -0.2) is 0 Å². The number of fused-ring (bicyclic) bond motifs is 1. The van der Waals surface area contributed by atoms with Crippen molar-refractivity contribution in [3.05, 3.63) is 44.9 Å². The summed E-state index contributed by atoms with van der Waals surface area (Å²) in [6, 6.07) is 7.55. The van der Waals surface area contributed by atoms with Gasteiger partial charge in [-0.3, -0.25) is 0 Å². The number of hydrogen-bond acceptors (Lipinski definition) is 5. The zero-order valence-corrected chi connectivity index (χ0v) is 17.9. The Morgan fingerprint density at radius 2 is 2.08 bits per heavy atom. The molecule has 0 saturated carbocycles. The van der Waals surface area contributed by atoms with Crippen molar-refractivity contribution in [3.8, 4) is 0 Å². The van der Waals surface area contributed by atoms with Gasteiger partial charge in [-0.1, -0.05) is 0 Å². The van der Waals surface area contributed by atoms with Crippen LogP contribution in [0.25, 0.3) is 0 Å². The summed E-state index contributed by atoms with van der Waals surface area (Å²) in [5, 5.41) is 0.0678. The molecule has 2 aromatic rings. The second-order valence-electron chi connectivity index (χ2n) is 6.54. The first-order chi connectivity index (χ1) is 12.3. The zero-order valence-electron chi connectivity index (χ0n) is 15.0. The fraction of sp³-hybridized carbons (Fsp3) is 0.333. The van der Waals surface area contributed by atoms with Crippen LogP contribution in [0.5, 0.6) is 0 Å². The van der Waals surface area contributed by atoms with E-state index in [0.717, 1.165) is 9.99 Å². The zero-order chi connectivity index (χ0) is 18.9. The van der Waals surface area contributed by atoms with E-state index >= 15 is 0 Å². The average Bonchev–Trinajstić information content (AvgIpc) is 2.96. The van der Waals surface area contributed by atoms with Crippen LogP contribution >= 0.6 is 31.7 Å². The molecule has 1 aliphatic rings. The second-order valence-corrected chi connectivity index (χ2v) is 12.0. The van der Waals surface area contributed by atoms with Gasteiger partial charge < -0.3 is 0 Å². The maximum atomic E-state index is 12.9. The molecule has 0 spiro atoms. The number of nitrogens with zero attached hydrogens (tertiary/aromatic N) is 4. The summed E-state index contributed by atoms with van der Waals surface area (Å²) >= 11 is 4.48. The molecule has 0 radical (unpaired) electrons. The standard InChI is InChI=1S/C18H20ClIN4O2/c1-5-20-14-7-6-13(10-12(14)11-22-20)24(17(25)26-18(2,3)4)15-8-9-21-16(19)23-15/h6-11H,5H2,1-4H3. The summed E-state index contributed by atoms with van der Waals surface area (Å²) in [7, 11) is 0. The van der Waals surface area contributed by atoms with Gasteiger partial charge >= 0.3 is 166 Å². The molecule has 8 heteroatoms. The van der Waals surface area contributed by atoms with Crippen LogP contribution in [0.1, 0.15) is 33.3 Å². The number of alkyl halides is 1. The summed E-state index contributed by atoms with van der Waals surface area (Å²) in [5.74, 6) is 0.361. The van der Waals surface area contributed by atoms with Crippen molar-refractivity contribution >= 4 is 55.5 Å². The number of rotatable bonds is 3. The Bertz CT molecular complexity index is 867. The van der Waals surface area contributed by atoms with Gasteiger partial charge in [0.05, 0.1) is 0 Å². The molecule has 0 N–H and O–H groups in total. The average molecular weight is 487 g/mol. The number of amides is 1. The number of benzene rings is 1. The Kier molecular flexibility index (Phi) is 5.47. The fourth-order valence-electron chi connectivity index (χ4n) is 2.43. The number of ether oxygens (including phenoxy) is 1. The number of hydrogen-bond donors (Lipinski definition) is 0. The monoisotopic (exact) mass is 486 g/mol. The molecule has 1 aromatic carbocycles. The van der Waals surface area contributed by atoms with Crippen LogP contribution in [0.2, 0.25) is 5.28 Å². The van der Waals surface area contributed by atoms with E-state index in [1.54, 1.807) is 6.07 Å². The molecule has 0 fully saturated rings. The van der Waals surface area contributed by atoms with E-state index in [-0.39, 0.29) is 5.28 Å². The van der Waals surface area contributed by atoms with Gasteiger partial charge in [0, 0.05) is 0 Å². The third-order valence-corrected chi connectivity index (χ3v) is 8.35. The molecule has 1 amide bonds. The molecule has 1 aliphatic heterocycles.